The zero-order chi connectivity index (χ0) is 9.68. The van der Waals surface area contributed by atoms with Gasteiger partial charge in [0.1, 0.15) is 6.61 Å². The lowest BCUT2D eigenvalue weighted by atomic mass is 10.4. The van der Waals surface area contributed by atoms with Crippen LogP contribution in [0.3, 0.4) is 0 Å². The van der Waals surface area contributed by atoms with E-state index < -0.39 is 0 Å². The Labute approximate surface area is 76.6 Å². The lowest BCUT2D eigenvalue weighted by Gasteiger charge is -1.99. The normalized spacial score (nSPS) is 8.85. The molecule has 1 heterocycles. The maximum Gasteiger partial charge on any atom is 0.217 e. The topological polar surface area (TPSA) is 55.2 Å². The summed E-state index contributed by atoms with van der Waals surface area (Å²) in [4.78, 5) is 8.02. The van der Waals surface area contributed by atoms with Crippen molar-refractivity contribution in [3.05, 3.63) is 17.6 Å². The lowest BCUT2D eigenvalue weighted by molar-refractivity contribution is 0.350. The minimum absolute atomic E-state index is 0.195. The van der Waals surface area contributed by atoms with Crippen LogP contribution in [-0.4, -0.2) is 28.8 Å². The van der Waals surface area contributed by atoms with Gasteiger partial charge in [0.25, 0.3) is 0 Å². The highest BCUT2D eigenvalue weighted by Gasteiger charge is 1.98. The van der Waals surface area contributed by atoms with Gasteiger partial charge in [-0.1, -0.05) is 5.92 Å². The second-order valence-electron chi connectivity index (χ2n) is 2.34. The number of aliphatic hydroxyl groups excluding tert-OH is 1. The third-order valence-corrected chi connectivity index (χ3v) is 1.32. The molecule has 0 atom stereocenters. The molecule has 0 aliphatic heterocycles. The van der Waals surface area contributed by atoms with E-state index in [1.54, 1.807) is 6.07 Å². The summed E-state index contributed by atoms with van der Waals surface area (Å²) in [5.41, 5.74) is 0.786. The van der Waals surface area contributed by atoms with Gasteiger partial charge in [0, 0.05) is 11.8 Å². The van der Waals surface area contributed by atoms with Crippen LogP contribution in [0.25, 0.3) is 0 Å². The van der Waals surface area contributed by atoms with E-state index in [1.807, 2.05) is 6.92 Å². The van der Waals surface area contributed by atoms with Crippen LogP contribution < -0.4 is 4.74 Å². The van der Waals surface area contributed by atoms with E-state index in [2.05, 4.69) is 21.8 Å². The molecule has 1 rings (SSSR count). The number of hydrogen-bond donors (Lipinski definition) is 1. The minimum Gasteiger partial charge on any atom is -0.481 e. The Morgan fingerprint density at radius 1 is 1.54 bits per heavy atom. The predicted octanol–water partition coefficient (Wildman–Crippen LogP) is 0.137. The van der Waals surface area contributed by atoms with E-state index in [-0.39, 0.29) is 6.61 Å². The van der Waals surface area contributed by atoms with Crippen molar-refractivity contribution < 1.29 is 9.84 Å². The molecule has 0 fully saturated rings. The van der Waals surface area contributed by atoms with Gasteiger partial charge in [-0.25, -0.2) is 4.98 Å². The second kappa shape index (κ2) is 4.43. The molecule has 1 aromatic rings. The summed E-state index contributed by atoms with van der Waals surface area (Å²) < 4.78 is 4.93. The summed E-state index contributed by atoms with van der Waals surface area (Å²) in [6, 6.07) is 1.71. The number of methoxy groups -OCH3 is 1. The first-order valence-electron chi connectivity index (χ1n) is 3.75. The Kier molecular flexibility index (Phi) is 3.23. The fraction of sp³-hybridized carbons (Fsp3) is 0.333. The number of rotatable bonds is 1. The Morgan fingerprint density at radius 2 is 2.31 bits per heavy atom. The molecule has 68 valence electrons. The van der Waals surface area contributed by atoms with Crippen molar-refractivity contribution in [2.45, 2.75) is 6.92 Å². The van der Waals surface area contributed by atoms with E-state index in [4.69, 9.17) is 9.84 Å². The molecule has 0 saturated carbocycles. The van der Waals surface area contributed by atoms with Crippen LogP contribution in [-0.2, 0) is 0 Å². The fourth-order valence-electron chi connectivity index (χ4n) is 0.819. The predicted molar refractivity (Wildman–Crippen MR) is 47.3 cm³/mol. The molecular weight excluding hydrogens is 168 g/mol. The van der Waals surface area contributed by atoms with E-state index in [0.29, 0.717) is 11.7 Å². The molecule has 0 amide bonds. The molecule has 0 aromatic carbocycles. The van der Waals surface area contributed by atoms with E-state index >= 15 is 0 Å². The van der Waals surface area contributed by atoms with Gasteiger partial charge in [-0.2, -0.15) is 4.98 Å². The Balaban J connectivity index is 3.01. The van der Waals surface area contributed by atoms with E-state index in [1.165, 1.54) is 7.11 Å². The van der Waals surface area contributed by atoms with Crippen LogP contribution in [0, 0.1) is 18.8 Å². The molecular formula is C9H10N2O2. The summed E-state index contributed by atoms with van der Waals surface area (Å²) in [5.74, 6) is 5.92. The molecule has 1 N–H and O–H groups in total. The summed E-state index contributed by atoms with van der Waals surface area (Å²) in [7, 11) is 1.53. The van der Waals surface area contributed by atoms with Gasteiger partial charge in [-0.3, -0.25) is 0 Å². The van der Waals surface area contributed by atoms with Gasteiger partial charge in [0.2, 0.25) is 11.7 Å². The van der Waals surface area contributed by atoms with Crippen LogP contribution in [0.15, 0.2) is 6.07 Å². The third kappa shape index (κ3) is 2.73. The Bertz CT molecular complexity index is 352. The third-order valence-electron chi connectivity index (χ3n) is 1.32. The van der Waals surface area contributed by atoms with Crippen molar-refractivity contribution in [1.82, 2.24) is 9.97 Å². The Morgan fingerprint density at radius 3 is 2.92 bits per heavy atom. The molecule has 13 heavy (non-hydrogen) atoms. The quantitative estimate of drug-likeness (QED) is 0.621. The SMILES string of the molecule is COc1cc(C)nc(C#CCO)n1. The van der Waals surface area contributed by atoms with Crippen molar-refractivity contribution in [2.24, 2.45) is 0 Å². The van der Waals surface area contributed by atoms with Crippen molar-refractivity contribution in [3.63, 3.8) is 0 Å². The largest absolute Gasteiger partial charge is 0.481 e. The van der Waals surface area contributed by atoms with Crippen LogP contribution in [0.1, 0.15) is 11.5 Å². The number of ether oxygens (including phenoxy) is 1. The molecule has 0 aliphatic rings. The van der Waals surface area contributed by atoms with Gasteiger partial charge < -0.3 is 9.84 Å². The zero-order valence-electron chi connectivity index (χ0n) is 7.53. The highest BCUT2D eigenvalue weighted by molar-refractivity contribution is 5.26. The molecule has 0 bridgehead atoms. The summed E-state index contributed by atoms with van der Waals surface area (Å²) in [6.45, 7) is 1.63. The highest BCUT2D eigenvalue weighted by Crippen LogP contribution is 2.06. The first kappa shape index (κ1) is 9.49. The number of aromatic nitrogens is 2. The van der Waals surface area contributed by atoms with Gasteiger partial charge in [0.15, 0.2) is 0 Å². The van der Waals surface area contributed by atoms with Gasteiger partial charge >= 0.3 is 0 Å². The molecule has 4 heteroatoms. The number of aryl methyl sites for hydroxylation is 1. The van der Waals surface area contributed by atoms with E-state index in [0.717, 1.165) is 5.69 Å². The van der Waals surface area contributed by atoms with Crippen molar-refractivity contribution in [3.8, 4) is 17.7 Å². The molecule has 1 aromatic heterocycles. The number of hydrogen-bond acceptors (Lipinski definition) is 4. The van der Waals surface area contributed by atoms with Crippen LogP contribution >= 0.6 is 0 Å². The molecule has 0 unspecified atom stereocenters. The maximum absolute atomic E-state index is 8.46. The molecule has 0 spiro atoms. The van der Waals surface area contributed by atoms with Crippen LogP contribution in [0.2, 0.25) is 0 Å². The lowest BCUT2D eigenvalue weighted by Crippen LogP contribution is -1.96. The second-order valence-corrected chi connectivity index (χ2v) is 2.34. The van der Waals surface area contributed by atoms with Crippen LogP contribution in [0.5, 0.6) is 5.88 Å². The molecule has 0 aliphatic carbocycles. The van der Waals surface area contributed by atoms with Crippen LogP contribution in [0.4, 0.5) is 0 Å². The maximum atomic E-state index is 8.46. The molecule has 0 saturated heterocycles. The standard InChI is InChI=1S/C9H10N2O2/c1-7-6-9(13-2)11-8(10-7)4-3-5-12/h6,12H,5H2,1-2H3. The zero-order valence-corrected chi connectivity index (χ0v) is 7.53. The molecule has 0 radical (unpaired) electrons. The number of aliphatic hydroxyl groups is 1. The smallest absolute Gasteiger partial charge is 0.217 e. The van der Waals surface area contributed by atoms with E-state index in [9.17, 15) is 0 Å². The Hall–Kier alpha value is -1.60. The molecule has 4 nitrogen and oxygen atoms in total. The van der Waals surface area contributed by atoms with Crippen molar-refractivity contribution in [1.29, 1.82) is 0 Å². The summed E-state index contributed by atoms with van der Waals surface area (Å²) in [5, 5.41) is 8.46. The van der Waals surface area contributed by atoms with Crippen molar-refractivity contribution in [2.75, 3.05) is 13.7 Å². The first-order chi connectivity index (χ1) is 6.26. The fourth-order valence-corrected chi connectivity index (χ4v) is 0.819. The minimum atomic E-state index is -0.195. The van der Waals surface area contributed by atoms with Crippen molar-refractivity contribution >= 4 is 0 Å². The summed E-state index contributed by atoms with van der Waals surface area (Å²) in [6.07, 6.45) is 0. The van der Waals surface area contributed by atoms with Gasteiger partial charge in [0.05, 0.1) is 7.11 Å². The highest BCUT2D eigenvalue weighted by atomic mass is 16.5. The average molecular weight is 178 g/mol. The monoisotopic (exact) mass is 178 g/mol. The number of nitrogens with zero attached hydrogens (tertiary/aromatic N) is 2. The first-order valence-corrected chi connectivity index (χ1v) is 3.75. The summed E-state index contributed by atoms with van der Waals surface area (Å²) >= 11 is 0. The van der Waals surface area contributed by atoms with Gasteiger partial charge in [-0.05, 0) is 12.8 Å². The van der Waals surface area contributed by atoms with Gasteiger partial charge in [-0.15, -0.1) is 0 Å². The average Bonchev–Trinajstić information content (AvgIpc) is 2.14.